The maximum atomic E-state index is 10.8. The number of guanidine groups is 1. The normalized spacial score (nSPS) is 12.5. The summed E-state index contributed by atoms with van der Waals surface area (Å²) in [7, 11) is 0. The first kappa shape index (κ1) is 24.4. The van der Waals surface area contributed by atoms with E-state index in [9.17, 15) is 9.59 Å². The predicted molar refractivity (Wildman–Crippen MR) is 106 cm³/mol. The lowest BCUT2D eigenvalue weighted by Gasteiger charge is -2.09. The third-order valence-corrected chi connectivity index (χ3v) is 3.82. The SMILES string of the molecule is CC(C)Cc1ccc(C(C)C(=O)O)cc1.N=C(N)NCCCC(N)C(=O)O. The van der Waals surface area contributed by atoms with E-state index in [2.05, 4.69) is 19.2 Å². The molecule has 2 atom stereocenters. The van der Waals surface area contributed by atoms with Gasteiger partial charge < -0.3 is 27.0 Å². The Bertz CT molecular complexity index is 602. The first-order valence-electron chi connectivity index (χ1n) is 8.92. The average molecular weight is 380 g/mol. The number of carboxylic acid groups (broad SMARTS) is 2. The third-order valence-electron chi connectivity index (χ3n) is 3.82. The van der Waals surface area contributed by atoms with E-state index in [0.29, 0.717) is 25.3 Å². The molecule has 0 radical (unpaired) electrons. The Balaban J connectivity index is 0.000000516. The highest BCUT2D eigenvalue weighted by molar-refractivity contribution is 5.75. The molecule has 1 rings (SSSR count). The molecule has 0 bridgehead atoms. The maximum absolute atomic E-state index is 10.8. The molecular weight excluding hydrogens is 348 g/mol. The zero-order valence-electron chi connectivity index (χ0n) is 16.2. The Morgan fingerprint density at radius 3 is 2.07 bits per heavy atom. The zero-order chi connectivity index (χ0) is 21.0. The van der Waals surface area contributed by atoms with Crippen LogP contribution in [-0.2, 0) is 16.0 Å². The summed E-state index contributed by atoms with van der Waals surface area (Å²) in [6, 6.07) is 7.05. The van der Waals surface area contributed by atoms with Crippen LogP contribution in [0.15, 0.2) is 24.3 Å². The summed E-state index contributed by atoms with van der Waals surface area (Å²) in [6.45, 7) is 6.54. The van der Waals surface area contributed by atoms with E-state index in [0.717, 1.165) is 12.0 Å². The minimum Gasteiger partial charge on any atom is -0.481 e. The van der Waals surface area contributed by atoms with Crippen LogP contribution in [0.1, 0.15) is 50.7 Å². The van der Waals surface area contributed by atoms with E-state index < -0.39 is 23.9 Å². The van der Waals surface area contributed by atoms with Gasteiger partial charge in [-0.25, -0.2) is 0 Å². The molecule has 0 amide bonds. The van der Waals surface area contributed by atoms with Crippen molar-refractivity contribution in [1.29, 1.82) is 5.41 Å². The standard InChI is InChI=1S/C13H18O2.C6H14N4O2/c1-9(2)8-11-4-6-12(7-5-11)10(3)13(14)15;7-4(5(11)12)2-1-3-10-6(8)9/h4-7,9-10H,8H2,1-3H3,(H,14,15);4H,1-3,7H2,(H,11,12)(H4,8,9,10). The second kappa shape index (κ2) is 12.7. The molecular formula is C19H32N4O4. The van der Waals surface area contributed by atoms with Crippen molar-refractivity contribution in [2.45, 2.75) is 52.0 Å². The zero-order valence-corrected chi connectivity index (χ0v) is 16.2. The number of nitrogens with one attached hydrogen (secondary N) is 2. The van der Waals surface area contributed by atoms with Crippen molar-refractivity contribution < 1.29 is 19.8 Å². The number of hydrogen-bond donors (Lipinski definition) is 6. The van der Waals surface area contributed by atoms with Gasteiger partial charge in [-0.15, -0.1) is 0 Å². The minimum absolute atomic E-state index is 0.112. The highest BCUT2D eigenvalue weighted by Crippen LogP contribution is 2.17. The Hall–Kier alpha value is -2.61. The topological polar surface area (TPSA) is 163 Å². The van der Waals surface area contributed by atoms with Gasteiger partial charge in [0.15, 0.2) is 5.96 Å². The van der Waals surface area contributed by atoms with Crippen molar-refractivity contribution in [1.82, 2.24) is 5.32 Å². The lowest BCUT2D eigenvalue weighted by molar-refractivity contribution is -0.139. The summed E-state index contributed by atoms with van der Waals surface area (Å²) in [5.41, 5.74) is 12.4. The van der Waals surface area contributed by atoms with Gasteiger partial charge in [-0.05, 0) is 43.2 Å². The van der Waals surface area contributed by atoms with Crippen molar-refractivity contribution in [3.63, 3.8) is 0 Å². The summed E-state index contributed by atoms with van der Waals surface area (Å²) in [4.78, 5) is 21.0. The van der Waals surface area contributed by atoms with Gasteiger partial charge in [0.25, 0.3) is 0 Å². The van der Waals surface area contributed by atoms with Gasteiger partial charge in [0.05, 0.1) is 5.92 Å². The van der Waals surface area contributed by atoms with Gasteiger partial charge >= 0.3 is 11.9 Å². The molecule has 0 aliphatic heterocycles. The smallest absolute Gasteiger partial charge is 0.320 e. The van der Waals surface area contributed by atoms with Crippen LogP contribution in [0, 0.1) is 11.3 Å². The second-order valence-corrected chi connectivity index (χ2v) is 6.83. The molecule has 8 N–H and O–H groups in total. The largest absolute Gasteiger partial charge is 0.481 e. The monoisotopic (exact) mass is 380 g/mol. The van der Waals surface area contributed by atoms with Crippen LogP contribution in [0.25, 0.3) is 0 Å². The van der Waals surface area contributed by atoms with Crippen molar-refractivity contribution in [2.75, 3.05) is 6.54 Å². The Labute approximate surface area is 160 Å². The van der Waals surface area contributed by atoms with Gasteiger partial charge in [0.2, 0.25) is 0 Å². The molecule has 8 nitrogen and oxygen atoms in total. The Kier molecular flexibility index (Phi) is 11.5. The van der Waals surface area contributed by atoms with E-state index in [4.69, 9.17) is 27.1 Å². The van der Waals surface area contributed by atoms with Crippen molar-refractivity contribution >= 4 is 17.9 Å². The third kappa shape index (κ3) is 11.6. The fourth-order valence-corrected chi connectivity index (χ4v) is 2.22. The molecule has 0 saturated heterocycles. The van der Waals surface area contributed by atoms with E-state index >= 15 is 0 Å². The van der Waals surface area contributed by atoms with Gasteiger partial charge in [-0.3, -0.25) is 15.0 Å². The first-order chi connectivity index (χ1) is 12.5. The second-order valence-electron chi connectivity index (χ2n) is 6.83. The molecule has 0 fully saturated rings. The molecule has 0 spiro atoms. The van der Waals surface area contributed by atoms with E-state index in [1.54, 1.807) is 6.92 Å². The fraction of sp³-hybridized carbons (Fsp3) is 0.526. The maximum Gasteiger partial charge on any atom is 0.320 e. The van der Waals surface area contributed by atoms with Crippen LogP contribution < -0.4 is 16.8 Å². The fourth-order valence-electron chi connectivity index (χ4n) is 2.22. The van der Waals surface area contributed by atoms with E-state index in [1.807, 2.05) is 24.3 Å². The number of carboxylic acids is 2. The van der Waals surface area contributed by atoms with Crippen LogP contribution in [0.3, 0.4) is 0 Å². The van der Waals surface area contributed by atoms with Gasteiger partial charge in [0, 0.05) is 6.54 Å². The number of rotatable bonds is 9. The van der Waals surface area contributed by atoms with E-state index in [1.165, 1.54) is 5.56 Å². The van der Waals surface area contributed by atoms with Crippen molar-refractivity contribution in [2.24, 2.45) is 17.4 Å². The molecule has 0 saturated carbocycles. The average Bonchev–Trinajstić information content (AvgIpc) is 2.58. The van der Waals surface area contributed by atoms with Crippen LogP contribution in [0.4, 0.5) is 0 Å². The molecule has 27 heavy (non-hydrogen) atoms. The summed E-state index contributed by atoms with van der Waals surface area (Å²) >= 11 is 0. The van der Waals surface area contributed by atoms with Crippen LogP contribution >= 0.6 is 0 Å². The van der Waals surface area contributed by atoms with Gasteiger partial charge in [0.1, 0.15) is 6.04 Å². The van der Waals surface area contributed by atoms with Crippen molar-refractivity contribution in [3.05, 3.63) is 35.4 Å². The molecule has 0 aliphatic rings. The quantitative estimate of drug-likeness (QED) is 0.216. The molecule has 2 unspecified atom stereocenters. The molecule has 0 aromatic heterocycles. The highest BCUT2D eigenvalue weighted by Gasteiger charge is 2.13. The first-order valence-corrected chi connectivity index (χ1v) is 8.92. The number of hydrogen-bond acceptors (Lipinski definition) is 4. The lowest BCUT2D eigenvalue weighted by atomic mass is 9.97. The van der Waals surface area contributed by atoms with E-state index in [-0.39, 0.29) is 5.96 Å². The predicted octanol–water partition coefficient (Wildman–Crippen LogP) is 1.73. The van der Waals surface area contributed by atoms with Gasteiger partial charge in [-0.2, -0.15) is 0 Å². The molecule has 0 heterocycles. The van der Waals surface area contributed by atoms with Crippen molar-refractivity contribution in [3.8, 4) is 0 Å². The Morgan fingerprint density at radius 2 is 1.67 bits per heavy atom. The van der Waals surface area contributed by atoms with Gasteiger partial charge in [-0.1, -0.05) is 38.1 Å². The number of nitrogens with two attached hydrogens (primary N) is 2. The summed E-state index contributed by atoms with van der Waals surface area (Å²) in [5.74, 6) is -1.67. The molecule has 1 aromatic carbocycles. The number of benzene rings is 1. The van der Waals surface area contributed by atoms with Crippen LogP contribution in [-0.4, -0.2) is 40.7 Å². The molecule has 1 aromatic rings. The van der Waals surface area contributed by atoms with Crippen LogP contribution in [0.5, 0.6) is 0 Å². The summed E-state index contributed by atoms with van der Waals surface area (Å²) in [5, 5.41) is 26.6. The van der Waals surface area contributed by atoms with Crippen LogP contribution in [0.2, 0.25) is 0 Å². The number of carbonyl (C=O) groups is 2. The molecule has 8 heteroatoms. The summed E-state index contributed by atoms with van der Waals surface area (Å²) in [6.07, 6.45) is 2.02. The lowest BCUT2D eigenvalue weighted by Crippen LogP contribution is -2.34. The number of aliphatic carboxylic acids is 2. The molecule has 0 aliphatic carbocycles. The highest BCUT2D eigenvalue weighted by atomic mass is 16.4. The minimum atomic E-state index is -1.00. The Morgan fingerprint density at radius 1 is 1.11 bits per heavy atom. The summed E-state index contributed by atoms with van der Waals surface area (Å²) < 4.78 is 0. The molecule has 152 valence electrons.